The van der Waals surface area contributed by atoms with E-state index in [1.54, 1.807) is 14.1 Å². The van der Waals surface area contributed by atoms with E-state index in [1.165, 1.54) is 0 Å². The van der Waals surface area contributed by atoms with E-state index in [4.69, 9.17) is 4.74 Å². The first-order valence-corrected chi connectivity index (χ1v) is 8.94. The van der Waals surface area contributed by atoms with E-state index in [1.807, 2.05) is 24.3 Å². The molecule has 1 aromatic carbocycles. The van der Waals surface area contributed by atoms with Gasteiger partial charge in [-0.1, -0.05) is 12.1 Å². The largest absolute Gasteiger partial charge is 0.381 e. The predicted molar refractivity (Wildman–Crippen MR) is 101 cm³/mol. The average molecular weight is 346 g/mol. The second-order valence-corrected chi connectivity index (χ2v) is 6.45. The highest BCUT2D eigenvalue weighted by molar-refractivity contribution is 5.94. The minimum atomic E-state index is -0.0696. The lowest BCUT2D eigenvalue weighted by Gasteiger charge is -2.26. The number of guanidine groups is 1. The highest BCUT2D eigenvalue weighted by Gasteiger charge is 2.15. The van der Waals surface area contributed by atoms with Gasteiger partial charge in [0.2, 0.25) is 0 Å². The van der Waals surface area contributed by atoms with Gasteiger partial charge < -0.3 is 20.3 Å². The van der Waals surface area contributed by atoms with Crippen molar-refractivity contribution in [1.82, 2.24) is 15.5 Å². The van der Waals surface area contributed by atoms with Crippen LogP contribution in [0.5, 0.6) is 0 Å². The molecule has 1 heterocycles. The van der Waals surface area contributed by atoms with Gasteiger partial charge in [-0.2, -0.15) is 0 Å². The molecule has 0 bridgehead atoms. The average Bonchev–Trinajstić information content (AvgIpc) is 2.67. The van der Waals surface area contributed by atoms with Crippen molar-refractivity contribution in [2.24, 2.45) is 10.9 Å². The number of hydrogen-bond donors (Lipinski definition) is 2. The van der Waals surface area contributed by atoms with Crippen molar-refractivity contribution in [3.8, 4) is 0 Å². The molecule has 6 nitrogen and oxygen atoms in total. The third-order valence-electron chi connectivity index (χ3n) is 4.65. The summed E-state index contributed by atoms with van der Waals surface area (Å²) >= 11 is 0. The van der Waals surface area contributed by atoms with Crippen molar-refractivity contribution in [3.05, 3.63) is 35.4 Å². The highest BCUT2D eigenvalue weighted by Crippen LogP contribution is 2.18. The Balaban J connectivity index is 1.83. The summed E-state index contributed by atoms with van der Waals surface area (Å²) in [5, 5.41) is 6.03. The van der Waals surface area contributed by atoms with Crippen LogP contribution in [0, 0.1) is 5.92 Å². The molecule has 1 aliphatic heterocycles. The van der Waals surface area contributed by atoms with E-state index in [0.29, 0.717) is 12.1 Å². The Morgan fingerprint density at radius 3 is 2.80 bits per heavy atom. The summed E-state index contributed by atoms with van der Waals surface area (Å²) in [7, 11) is 5.51. The third-order valence-corrected chi connectivity index (χ3v) is 4.65. The fourth-order valence-corrected chi connectivity index (χ4v) is 3.05. The van der Waals surface area contributed by atoms with Gasteiger partial charge in [0.15, 0.2) is 5.96 Å². The summed E-state index contributed by atoms with van der Waals surface area (Å²) in [6, 6.07) is 7.63. The van der Waals surface area contributed by atoms with Crippen molar-refractivity contribution >= 4 is 11.9 Å². The molecule has 25 heavy (non-hydrogen) atoms. The van der Waals surface area contributed by atoms with Gasteiger partial charge in [-0.05, 0) is 42.9 Å². The predicted octanol–water partition coefficient (Wildman–Crippen LogP) is 1.87. The molecule has 2 rings (SSSR count). The smallest absolute Gasteiger partial charge is 0.251 e. The maximum Gasteiger partial charge on any atom is 0.251 e. The van der Waals surface area contributed by atoms with Crippen molar-refractivity contribution in [2.75, 3.05) is 40.9 Å². The number of ether oxygens (including phenoxy) is 1. The molecule has 1 fully saturated rings. The molecule has 0 spiro atoms. The minimum Gasteiger partial charge on any atom is -0.381 e. The Hall–Kier alpha value is -2.08. The summed E-state index contributed by atoms with van der Waals surface area (Å²) in [6.45, 7) is 3.40. The van der Waals surface area contributed by atoms with Crippen LogP contribution in [0.3, 0.4) is 0 Å². The molecule has 138 valence electrons. The van der Waals surface area contributed by atoms with Crippen LogP contribution in [0.25, 0.3) is 0 Å². The summed E-state index contributed by atoms with van der Waals surface area (Å²) in [5.74, 6) is 1.55. The first-order valence-electron chi connectivity index (χ1n) is 8.94. The number of benzene rings is 1. The standard InChI is InChI=1S/C19H30N4O2/c1-20-18(24)17-6-4-5-16(13-17)14-22-19(21-2)23(3)10-7-15-8-11-25-12-9-15/h4-6,13,15H,7-12,14H2,1-3H3,(H,20,24)(H,21,22). The normalized spacial score (nSPS) is 15.7. The van der Waals surface area contributed by atoms with Gasteiger partial charge in [-0.25, -0.2) is 0 Å². The molecule has 1 aliphatic rings. The SMILES string of the molecule is CN=C(NCc1cccc(C(=O)NC)c1)N(C)CCC1CCOCC1. The van der Waals surface area contributed by atoms with Gasteiger partial charge >= 0.3 is 0 Å². The molecule has 0 aromatic heterocycles. The maximum absolute atomic E-state index is 11.7. The van der Waals surface area contributed by atoms with Crippen LogP contribution < -0.4 is 10.6 Å². The zero-order valence-corrected chi connectivity index (χ0v) is 15.5. The molecule has 1 aromatic rings. The van der Waals surface area contributed by atoms with Gasteiger partial charge in [-0.3, -0.25) is 9.79 Å². The first kappa shape index (κ1) is 19.2. The molecule has 0 unspecified atom stereocenters. The van der Waals surface area contributed by atoms with Crippen LogP contribution in [-0.4, -0.2) is 57.7 Å². The maximum atomic E-state index is 11.7. The van der Waals surface area contributed by atoms with Gasteiger partial charge in [0.1, 0.15) is 0 Å². The number of nitrogens with one attached hydrogen (secondary N) is 2. The second-order valence-electron chi connectivity index (χ2n) is 6.45. The molecular weight excluding hydrogens is 316 g/mol. The third kappa shape index (κ3) is 6.05. The van der Waals surface area contributed by atoms with Crippen LogP contribution in [-0.2, 0) is 11.3 Å². The summed E-state index contributed by atoms with van der Waals surface area (Å²) in [5.41, 5.74) is 1.73. The number of amides is 1. The first-order chi connectivity index (χ1) is 12.1. The quantitative estimate of drug-likeness (QED) is 0.610. The Labute approximate surface area is 150 Å². The van der Waals surface area contributed by atoms with E-state index in [-0.39, 0.29) is 5.91 Å². The fourth-order valence-electron chi connectivity index (χ4n) is 3.05. The van der Waals surface area contributed by atoms with Crippen LogP contribution in [0.15, 0.2) is 29.3 Å². The number of rotatable bonds is 6. The van der Waals surface area contributed by atoms with Crippen LogP contribution in [0.1, 0.15) is 35.2 Å². The fraction of sp³-hybridized carbons (Fsp3) is 0.579. The van der Waals surface area contributed by atoms with Crippen molar-refractivity contribution in [3.63, 3.8) is 0 Å². The summed E-state index contributed by atoms with van der Waals surface area (Å²) in [4.78, 5) is 18.3. The molecule has 0 radical (unpaired) electrons. The molecular formula is C19H30N4O2. The number of carbonyl (C=O) groups excluding carboxylic acids is 1. The monoisotopic (exact) mass is 346 g/mol. The van der Waals surface area contributed by atoms with E-state index in [2.05, 4.69) is 27.6 Å². The zero-order chi connectivity index (χ0) is 18.1. The molecule has 2 N–H and O–H groups in total. The molecule has 0 atom stereocenters. The van der Waals surface area contributed by atoms with Gasteiger partial charge in [0, 0.05) is 53.0 Å². The lowest BCUT2D eigenvalue weighted by Crippen LogP contribution is -2.39. The lowest BCUT2D eigenvalue weighted by molar-refractivity contribution is 0.0625. The Kier molecular flexibility index (Phi) is 7.73. The van der Waals surface area contributed by atoms with Gasteiger partial charge in [-0.15, -0.1) is 0 Å². The second kappa shape index (κ2) is 10.0. The van der Waals surface area contributed by atoms with Crippen molar-refractivity contribution in [2.45, 2.75) is 25.8 Å². The van der Waals surface area contributed by atoms with Gasteiger partial charge in [0.05, 0.1) is 0 Å². The molecule has 6 heteroatoms. The van der Waals surface area contributed by atoms with Crippen molar-refractivity contribution < 1.29 is 9.53 Å². The van der Waals surface area contributed by atoms with E-state index < -0.39 is 0 Å². The zero-order valence-electron chi connectivity index (χ0n) is 15.5. The van der Waals surface area contributed by atoms with Crippen LogP contribution in [0.2, 0.25) is 0 Å². The minimum absolute atomic E-state index is 0.0696. The summed E-state index contributed by atoms with van der Waals surface area (Å²) in [6.07, 6.45) is 3.48. The van der Waals surface area contributed by atoms with Crippen LogP contribution >= 0.6 is 0 Å². The molecule has 0 saturated carbocycles. The molecule has 1 amide bonds. The van der Waals surface area contributed by atoms with Crippen molar-refractivity contribution in [1.29, 1.82) is 0 Å². The van der Waals surface area contributed by atoms with Crippen LogP contribution in [0.4, 0.5) is 0 Å². The molecule has 0 aliphatic carbocycles. The Morgan fingerprint density at radius 2 is 2.12 bits per heavy atom. The lowest BCUT2D eigenvalue weighted by atomic mass is 9.96. The highest BCUT2D eigenvalue weighted by atomic mass is 16.5. The number of hydrogen-bond acceptors (Lipinski definition) is 3. The van der Waals surface area contributed by atoms with Gasteiger partial charge in [0.25, 0.3) is 5.91 Å². The molecule has 1 saturated heterocycles. The number of carbonyl (C=O) groups is 1. The van der Waals surface area contributed by atoms with E-state index in [9.17, 15) is 4.79 Å². The van der Waals surface area contributed by atoms with E-state index >= 15 is 0 Å². The topological polar surface area (TPSA) is 66.0 Å². The number of aliphatic imine (C=N–C) groups is 1. The Bertz CT molecular complexity index is 583. The Morgan fingerprint density at radius 1 is 1.36 bits per heavy atom. The number of nitrogens with zero attached hydrogens (tertiary/aromatic N) is 2. The summed E-state index contributed by atoms with van der Waals surface area (Å²) < 4.78 is 5.42. The van der Waals surface area contributed by atoms with E-state index in [0.717, 1.165) is 56.5 Å².